The van der Waals surface area contributed by atoms with Crippen LogP contribution < -0.4 is 10.1 Å². The molecule has 1 atom stereocenters. The fourth-order valence-electron chi connectivity index (χ4n) is 3.21. The molecule has 0 spiro atoms. The summed E-state index contributed by atoms with van der Waals surface area (Å²) in [5, 5.41) is 3.40. The molecule has 0 aromatic heterocycles. The second-order valence-corrected chi connectivity index (χ2v) is 5.91. The van der Waals surface area contributed by atoms with Crippen LogP contribution in [0.15, 0.2) is 24.3 Å². The standard InChI is InChI=1S/C17H28N2O/c1-13(14-5-11-17(20-4)12-6-14)19(3)16-9-7-15(18-2)8-10-16/h5-6,11-13,15-16,18H,7-10H2,1-4H3. The van der Waals surface area contributed by atoms with Crippen LogP contribution in [0.25, 0.3) is 0 Å². The summed E-state index contributed by atoms with van der Waals surface area (Å²) in [5.41, 5.74) is 1.36. The largest absolute Gasteiger partial charge is 0.497 e. The summed E-state index contributed by atoms with van der Waals surface area (Å²) in [5.74, 6) is 0.929. The molecular weight excluding hydrogens is 248 g/mol. The topological polar surface area (TPSA) is 24.5 Å². The van der Waals surface area contributed by atoms with Gasteiger partial charge in [0.2, 0.25) is 0 Å². The van der Waals surface area contributed by atoms with Gasteiger partial charge in [0.25, 0.3) is 0 Å². The van der Waals surface area contributed by atoms with Crippen molar-refractivity contribution in [3.8, 4) is 5.75 Å². The second-order valence-electron chi connectivity index (χ2n) is 5.91. The van der Waals surface area contributed by atoms with Crippen molar-refractivity contribution in [2.75, 3.05) is 21.2 Å². The van der Waals surface area contributed by atoms with Crippen molar-refractivity contribution >= 4 is 0 Å². The minimum absolute atomic E-state index is 0.456. The molecule has 1 aliphatic carbocycles. The van der Waals surface area contributed by atoms with Crippen molar-refractivity contribution in [3.63, 3.8) is 0 Å². The van der Waals surface area contributed by atoms with Crippen LogP contribution in [0.3, 0.4) is 0 Å². The van der Waals surface area contributed by atoms with Gasteiger partial charge in [-0.2, -0.15) is 0 Å². The molecule has 3 nitrogen and oxygen atoms in total. The summed E-state index contributed by atoms with van der Waals surface area (Å²) in [7, 11) is 6.05. The van der Waals surface area contributed by atoms with Gasteiger partial charge < -0.3 is 10.1 Å². The number of methoxy groups -OCH3 is 1. The molecule has 0 saturated heterocycles. The molecule has 1 aromatic carbocycles. The number of hydrogen-bond acceptors (Lipinski definition) is 3. The van der Waals surface area contributed by atoms with E-state index in [4.69, 9.17) is 4.74 Å². The molecule has 1 aliphatic rings. The van der Waals surface area contributed by atoms with Gasteiger partial charge in [0.05, 0.1) is 7.11 Å². The Labute approximate surface area is 123 Å². The number of benzene rings is 1. The van der Waals surface area contributed by atoms with E-state index in [-0.39, 0.29) is 0 Å². The summed E-state index contributed by atoms with van der Waals surface area (Å²) in [4.78, 5) is 2.54. The Hall–Kier alpha value is -1.06. The highest BCUT2D eigenvalue weighted by atomic mass is 16.5. The number of rotatable bonds is 5. The van der Waals surface area contributed by atoms with Crippen LogP contribution in [0.5, 0.6) is 5.75 Å². The van der Waals surface area contributed by atoms with Crippen LogP contribution in [-0.2, 0) is 0 Å². The van der Waals surface area contributed by atoms with Crippen molar-refractivity contribution < 1.29 is 4.74 Å². The van der Waals surface area contributed by atoms with Crippen LogP contribution in [0.2, 0.25) is 0 Å². The Morgan fingerprint density at radius 3 is 2.25 bits per heavy atom. The molecule has 1 saturated carbocycles. The van der Waals surface area contributed by atoms with Gasteiger partial charge in [0.15, 0.2) is 0 Å². The van der Waals surface area contributed by atoms with E-state index >= 15 is 0 Å². The van der Waals surface area contributed by atoms with E-state index in [1.54, 1.807) is 7.11 Å². The van der Waals surface area contributed by atoms with Crippen LogP contribution >= 0.6 is 0 Å². The van der Waals surface area contributed by atoms with Gasteiger partial charge in [-0.15, -0.1) is 0 Å². The minimum Gasteiger partial charge on any atom is -0.497 e. The smallest absolute Gasteiger partial charge is 0.118 e. The minimum atomic E-state index is 0.456. The van der Waals surface area contributed by atoms with Crippen molar-refractivity contribution in [3.05, 3.63) is 29.8 Å². The lowest BCUT2D eigenvalue weighted by atomic mass is 9.89. The molecule has 1 aromatic rings. The van der Waals surface area contributed by atoms with Gasteiger partial charge in [-0.1, -0.05) is 12.1 Å². The second kappa shape index (κ2) is 7.09. The monoisotopic (exact) mass is 276 g/mol. The lowest BCUT2D eigenvalue weighted by Gasteiger charge is -2.38. The molecule has 112 valence electrons. The molecule has 0 aliphatic heterocycles. The molecule has 1 N–H and O–H groups in total. The zero-order chi connectivity index (χ0) is 14.5. The Morgan fingerprint density at radius 1 is 1.15 bits per heavy atom. The molecule has 1 fully saturated rings. The molecule has 0 amide bonds. The fraction of sp³-hybridized carbons (Fsp3) is 0.647. The van der Waals surface area contributed by atoms with Gasteiger partial charge in [-0.25, -0.2) is 0 Å². The maximum Gasteiger partial charge on any atom is 0.118 e. The summed E-state index contributed by atoms with van der Waals surface area (Å²) in [6.45, 7) is 2.30. The van der Waals surface area contributed by atoms with Crippen molar-refractivity contribution in [2.45, 2.75) is 50.7 Å². The molecular formula is C17H28N2O. The first-order valence-corrected chi connectivity index (χ1v) is 7.69. The fourth-order valence-corrected chi connectivity index (χ4v) is 3.21. The molecule has 0 radical (unpaired) electrons. The highest BCUT2D eigenvalue weighted by molar-refractivity contribution is 5.28. The van der Waals surface area contributed by atoms with Gasteiger partial charge >= 0.3 is 0 Å². The first-order valence-electron chi connectivity index (χ1n) is 7.69. The third kappa shape index (κ3) is 3.53. The van der Waals surface area contributed by atoms with Crippen molar-refractivity contribution in [1.29, 1.82) is 0 Å². The predicted octanol–water partition coefficient (Wildman–Crippen LogP) is 3.22. The van der Waals surface area contributed by atoms with E-state index in [1.165, 1.54) is 31.2 Å². The van der Waals surface area contributed by atoms with Gasteiger partial charge in [-0.05, 0) is 64.4 Å². The Kier molecular flexibility index (Phi) is 5.44. The third-order valence-corrected chi connectivity index (χ3v) is 4.89. The number of nitrogens with zero attached hydrogens (tertiary/aromatic N) is 1. The van der Waals surface area contributed by atoms with E-state index < -0.39 is 0 Å². The zero-order valence-electron chi connectivity index (χ0n) is 13.2. The summed E-state index contributed by atoms with van der Waals surface area (Å²) in [6, 6.07) is 10.3. The SMILES string of the molecule is CNC1CCC(N(C)C(C)c2ccc(OC)cc2)CC1. The maximum atomic E-state index is 5.23. The van der Waals surface area contributed by atoms with Gasteiger partial charge in [0, 0.05) is 18.1 Å². The number of ether oxygens (including phenoxy) is 1. The van der Waals surface area contributed by atoms with E-state index in [1.807, 2.05) is 0 Å². The lowest BCUT2D eigenvalue weighted by Crippen LogP contribution is -2.40. The van der Waals surface area contributed by atoms with E-state index in [0.717, 1.165) is 11.8 Å². The molecule has 0 heterocycles. The molecule has 0 bridgehead atoms. The molecule has 1 unspecified atom stereocenters. The molecule has 2 rings (SSSR count). The number of hydrogen-bond donors (Lipinski definition) is 1. The van der Waals surface area contributed by atoms with E-state index in [9.17, 15) is 0 Å². The lowest BCUT2D eigenvalue weighted by molar-refractivity contribution is 0.136. The zero-order valence-corrected chi connectivity index (χ0v) is 13.2. The maximum absolute atomic E-state index is 5.23. The average molecular weight is 276 g/mol. The summed E-state index contributed by atoms with van der Waals surface area (Å²) >= 11 is 0. The quantitative estimate of drug-likeness (QED) is 0.893. The first-order chi connectivity index (χ1) is 9.65. The number of nitrogens with one attached hydrogen (secondary N) is 1. The normalized spacial score (nSPS) is 24.6. The van der Waals surface area contributed by atoms with E-state index in [0.29, 0.717) is 12.1 Å². The van der Waals surface area contributed by atoms with Crippen LogP contribution in [0.4, 0.5) is 0 Å². The highest BCUT2D eigenvalue weighted by Crippen LogP contribution is 2.29. The Morgan fingerprint density at radius 2 is 1.75 bits per heavy atom. The van der Waals surface area contributed by atoms with Crippen LogP contribution in [0, 0.1) is 0 Å². The van der Waals surface area contributed by atoms with E-state index in [2.05, 4.69) is 55.5 Å². The molecule has 3 heteroatoms. The first kappa shape index (κ1) is 15.3. The summed E-state index contributed by atoms with van der Waals surface area (Å²) in [6.07, 6.45) is 5.17. The Balaban J connectivity index is 1.95. The summed E-state index contributed by atoms with van der Waals surface area (Å²) < 4.78 is 5.23. The van der Waals surface area contributed by atoms with Crippen LogP contribution in [0.1, 0.15) is 44.2 Å². The predicted molar refractivity (Wildman–Crippen MR) is 84.3 cm³/mol. The van der Waals surface area contributed by atoms with Gasteiger partial charge in [0.1, 0.15) is 5.75 Å². The third-order valence-electron chi connectivity index (χ3n) is 4.89. The van der Waals surface area contributed by atoms with Gasteiger partial charge in [-0.3, -0.25) is 4.90 Å². The Bertz CT molecular complexity index is 396. The highest BCUT2D eigenvalue weighted by Gasteiger charge is 2.26. The van der Waals surface area contributed by atoms with Crippen LogP contribution in [-0.4, -0.2) is 38.2 Å². The molecule has 20 heavy (non-hydrogen) atoms. The average Bonchev–Trinajstić information content (AvgIpc) is 2.53. The van der Waals surface area contributed by atoms with Crippen molar-refractivity contribution in [2.24, 2.45) is 0 Å². The van der Waals surface area contributed by atoms with Crippen molar-refractivity contribution in [1.82, 2.24) is 10.2 Å².